The molecule has 0 aliphatic rings. The number of aryl methyl sites for hydroxylation is 1. The third-order valence-corrected chi connectivity index (χ3v) is 3.67. The monoisotopic (exact) mass is 347 g/mol. The highest BCUT2D eigenvalue weighted by atomic mass is 35.5. The number of esters is 1. The summed E-state index contributed by atoms with van der Waals surface area (Å²) in [7, 11) is 1.46. The minimum absolute atomic E-state index is 0.263. The molecule has 2 aromatic carbocycles. The fraction of sp³-hybridized carbons (Fsp3) is 0.222. The molecule has 126 valence electrons. The molecule has 0 fully saturated rings. The number of nitrogens with one attached hydrogen (secondary N) is 1. The van der Waals surface area contributed by atoms with Gasteiger partial charge in [-0.25, -0.2) is 4.79 Å². The van der Waals surface area contributed by atoms with Crippen LogP contribution in [0.4, 0.5) is 5.69 Å². The molecule has 0 unspecified atom stereocenters. The van der Waals surface area contributed by atoms with Crippen molar-refractivity contribution in [1.29, 1.82) is 0 Å². The Morgan fingerprint density at radius 3 is 2.58 bits per heavy atom. The van der Waals surface area contributed by atoms with E-state index in [4.69, 9.17) is 21.1 Å². The first kappa shape index (κ1) is 17.8. The maximum absolute atomic E-state index is 12.2. The van der Waals surface area contributed by atoms with E-state index in [1.807, 2.05) is 6.92 Å². The molecule has 1 N–H and O–H groups in total. The number of benzene rings is 2. The van der Waals surface area contributed by atoms with E-state index >= 15 is 0 Å². The largest absolute Gasteiger partial charge is 0.496 e. The lowest BCUT2D eigenvalue weighted by atomic mass is 10.2. The quantitative estimate of drug-likeness (QED) is 0.834. The SMILES string of the molecule is COc1ccccc1C(=O)O[C@H](C)C(=O)Nc1cc(Cl)ccc1C. The zero-order valence-electron chi connectivity index (χ0n) is 13.6. The fourth-order valence-electron chi connectivity index (χ4n) is 2.05. The first-order valence-corrected chi connectivity index (χ1v) is 7.71. The van der Waals surface area contributed by atoms with Crippen LogP contribution in [0.2, 0.25) is 5.02 Å². The van der Waals surface area contributed by atoms with Gasteiger partial charge in [0.2, 0.25) is 0 Å². The van der Waals surface area contributed by atoms with Crippen LogP contribution in [0.3, 0.4) is 0 Å². The summed E-state index contributed by atoms with van der Waals surface area (Å²) in [6, 6.07) is 11.8. The van der Waals surface area contributed by atoms with Crippen LogP contribution in [0.25, 0.3) is 0 Å². The van der Waals surface area contributed by atoms with E-state index in [-0.39, 0.29) is 5.56 Å². The second-order valence-corrected chi connectivity index (χ2v) is 5.63. The second kappa shape index (κ2) is 7.84. The molecule has 5 nitrogen and oxygen atoms in total. The number of methoxy groups -OCH3 is 1. The molecule has 0 bridgehead atoms. The van der Waals surface area contributed by atoms with Crippen LogP contribution in [0.5, 0.6) is 5.75 Å². The number of para-hydroxylation sites is 1. The Morgan fingerprint density at radius 2 is 1.88 bits per heavy atom. The van der Waals surface area contributed by atoms with Crippen molar-refractivity contribution in [3.63, 3.8) is 0 Å². The van der Waals surface area contributed by atoms with Crippen molar-refractivity contribution in [2.45, 2.75) is 20.0 Å². The van der Waals surface area contributed by atoms with Gasteiger partial charge in [0.1, 0.15) is 11.3 Å². The van der Waals surface area contributed by atoms with E-state index in [0.717, 1.165) is 5.56 Å². The number of amides is 1. The molecule has 0 saturated heterocycles. The Labute approximate surface area is 145 Å². The number of carbonyl (C=O) groups excluding carboxylic acids is 2. The minimum Gasteiger partial charge on any atom is -0.496 e. The lowest BCUT2D eigenvalue weighted by Crippen LogP contribution is -2.30. The standard InChI is InChI=1S/C18H18ClNO4/c1-11-8-9-13(19)10-15(11)20-17(21)12(2)24-18(22)14-6-4-5-7-16(14)23-3/h4-10,12H,1-3H3,(H,20,21)/t12-/m1/s1. The molecule has 0 aromatic heterocycles. The van der Waals surface area contributed by atoms with Crippen LogP contribution in [0.1, 0.15) is 22.8 Å². The maximum Gasteiger partial charge on any atom is 0.342 e. The zero-order chi connectivity index (χ0) is 17.7. The molecule has 6 heteroatoms. The van der Waals surface area contributed by atoms with Crippen LogP contribution in [-0.4, -0.2) is 25.1 Å². The third kappa shape index (κ3) is 4.26. The molecule has 2 rings (SSSR count). The molecule has 0 spiro atoms. The fourth-order valence-corrected chi connectivity index (χ4v) is 2.23. The highest BCUT2D eigenvalue weighted by Crippen LogP contribution is 2.21. The van der Waals surface area contributed by atoms with Gasteiger partial charge in [-0.3, -0.25) is 4.79 Å². The molecular weight excluding hydrogens is 330 g/mol. The van der Waals surface area contributed by atoms with Gasteiger partial charge in [0.05, 0.1) is 7.11 Å². The molecular formula is C18H18ClNO4. The third-order valence-electron chi connectivity index (χ3n) is 3.44. The Kier molecular flexibility index (Phi) is 5.82. The Balaban J connectivity index is 2.06. The number of hydrogen-bond donors (Lipinski definition) is 1. The molecule has 0 saturated carbocycles. The summed E-state index contributed by atoms with van der Waals surface area (Å²) in [5, 5.41) is 3.21. The molecule has 0 heterocycles. The van der Waals surface area contributed by atoms with Crippen LogP contribution < -0.4 is 10.1 Å². The van der Waals surface area contributed by atoms with Crippen molar-refractivity contribution in [2.24, 2.45) is 0 Å². The predicted octanol–water partition coefficient (Wildman–Crippen LogP) is 3.84. The number of halogens is 1. The predicted molar refractivity (Wildman–Crippen MR) is 92.7 cm³/mol. The van der Waals surface area contributed by atoms with E-state index in [9.17, 15) is 9.59 Å². The topological polar surface area (TPSA) is 64.6 Å². The summed E-state index contributed by atoms with van der Waals surface area (Å²) >= 11 is 5.93. The summed E-state index contributed by atoms with van der Waals surface area (Å²) in [6.07, 6.45) is -0.971. The lowest BCUT2D eigenvalue weighted by Gasteiger charge is -2.15. The molecule has 1 amide bonds. The van der Waals surface area contributed by atoms with Gasteiger partial charge in [0.25, 0.3) is 5.91 Å². The zero-order valence-corrected chi connectivity index (χ0v) is 14.4. The highest BCUT2D eigenvalue weighted by molar-refractivity contribution is 6.31. The summed E-state index contributed by atoms with van der Waals surface area (Å²) < 4.78 is 10.3. The maximum atomic E-state index is 12.2. The van der Waals surface area contributed by atoms with Gasteiger partial charge in [-0.2, -0.15) is 0 Å². The summed E-state index contributed by atoms with van der Waals surface area (Å²) in [4.78, 5) is 24.4. The average Bonchev–Trinajstić information content (AvgIpc) is 2.57. The van der Waals surface area contributed by atoms with Gasteiger partial charge in [0, 0.05) is 10.7 Å². The first-order chi connectivity index (χ1) is 11.4. The van der Waals surface area contributed by atoms with Crippen molar-refractivity contribution in [3.05, 3.63) is 58.6 Å². The molecule has 1 atom stereocenters. The summed E-state index contributed by atoms with van der Waals surface area (Å²) in [6.45, 7) is 3.35. The Morgan fingerprint density at radius 1 is 1.17 bits per heavy atom. The van der Waals surface area contributed by atoms with Crippen molar-refractivity contribution >= 4 is 29.2 Å². The Bertz CT molecular complexity index is 760. The van der Waals surface area contributed by atoms with E-state index in [1.165, 1.54) is 14.0 Å². The molecule has 2 aromatic rings. The normalized spacial score (nSPS) is 11.5. The number of hydrogen-bond acceptors (Lipinski definition) is 4. The Hall–Kier alpha value is -2.53. The summed E-state index contributed by atoms with van der Waals surface area (Å²) in [5.41, 5.74) is 1.70. The van der Waals surface area contributed by atoms with Gasteiger partial charge in [-0.1, -0.05) is 29.8 Å². The van der Waals surface area contributed by atoms with E-state index in [2.05, 4.69) is 5.32 Å². The van der Waals surface area contributed by atoms with Gasteiger partial charge < -0.3 is 14.8 Å². The van der Waals surface area contributed by atoms with Crippen LogP contribution in [-0.2, 0) is 9.53 Å². The van der Waals surface area contributed by atoms with E-state index in [1.54, 1.807) is 42.5 Å². The van der Waals surface area contributed by atoms with Crippen molar-refractivity contribution in [2.75, 3.05) is 12.4 Å². The molecule has 24 heavy (non-hydrogen) atoms. The number of rotatable bonds is 5. The number of ether oxygens (including phenoxy) is 2. The van der Waals surface area contributed by atoms with Gasteiger partial charge in [-0.15, -0.1) is 0 Å². The number of anilines is 1. The molecule has 0 radical (unpaired) electrons. The highest BCUT2D eigenvalue weighted by Gasteiger charge is 2.21. The number of carbonyl (C=O) groups is 2. The van der Waals surface area contributed by atoms with Crippen molar-refractivity contribution in [1.82, 2.24) is 0 Å². The van der Waals surface area contributed by atoms with Crippen LogP contribution in [0, 0.1) is 6.92 Å². The first-order valence-electron chi connectivity index (χ1n) is 7.33. The smallest absolute Gasteiger partial charge is 0.342 e. The second-order valence-electron chi connectivity index (χ2n) is 5.20. The van der Waals surface area contributed by atoms with Crippen LogP contribution in [0.15, 0.2) is 42.5 Å². The van der Waals surface area contributed by atoms with Gasteiger partial charge in [-0.05, 0) is 43.7 Å². The van der Waals surface area contributed by atoms with Crippen molar-refractivity contribution < 1.29 is 19.1 Å². The van der Waals surface area contributed by atoms with Gasteiger partial charge in [0.15, 0.2) is 6.10 Å². The molecule has 0 aliphatic carbocycles. The molecule has 0 aliphatic heterocycles. The van der Waals surface area contributed by atoms with Gasteiger partial charge >= 0.3 is 5.97 Å². The van der Waals surface area contributed by atoms with Crippen LogP contribution >= 0.6 is 11.6 Å². The lowest BCUT2D eigenvalue weighted by molar-refractivity contribution is -0.123. The van der Waals surface area contributed by atoms with E-state index in [0.29, 0.717) is 16.5 Å². The van der Waals surface area contributed by atoms with E-state index < -0.39 is 18.0 Å². The summed E-state index contributed by atoms with van der Waals surface area (Å²) in [5.74, 6) is -0.678. The van der Waals surface area contributed by atoms with Crippen molar-refractivity contribution in [3.8, 4) is 5.75 Å². The average molecular weight is 348 g/mol. The minimum atomic E-state index is -0.971.